The van der Waals surface area contributed by atoms with Gasteiger partial charge in [0.1, 0.15) is 0 Å². The monoisotopic (exact) mass is 238 g/mol. The molecule has 1 amide bonds. The summed E-state index contributed by atoms with van der Waals surface area (Å²) in [6, 6.07) is 0. The average molecular weight is 238 g/mol. The lowest BCUT2D eigenvalue weighted by Gasteiger charge is -2.27. The number of rotatable bonds is 1. The Hall–Kier alpha value is -1.39. The van der Waals surface area contributed by atoms with Crippen LogP contribution in [0.15, 0.2) is 10.2 Å². The minimum Gasteiger partial charge on any atom is -0.304 e. The molecule has 0 saturated carbocycles. The van der Waals surface area contributed by atoms with Gasteiger partial charge in [-0.2, -0.15) is 10.2 Å². The van der Waals surface area contributed by atoms with Gasteiger partial charge < -0.3 is 5.43 Å². The second-order valence-corrected chi connectivity index (χ2v) is 6.30. The van der Waals surface area contributed by atoms with Gasteiger partial charge in [-0.15, -0.1) is 0 Å². The highest BCUT2D eigenvalue weighted by Crippen LogP contribution is 2.19. The molecule has 0 spiro atoms. The highest BCUT2D eigenvalue weighted by molar-refractivity contribution is 6.68. The summed E-state index contributed by atoms with van der Waals surface area (Å²) < 4.78 is 0. The Labute approximate surface area is 103 Å². The maximum Gasteiger partial charge on any atom is 0.296 e. The molecule has 0 aliphatic carbocycles. The third-order valence-electron chi connectivity index (χ3n) is 2.13. The third kappa shape index (κ3) is 3.28. The Kier molecular flexibility index (Phi) is 3.32. The summed E-state index contributed by atoms with van der Waals surface area (Å²) >= 11 is 0. The number of nitrogens with one attached hydrogen (secondary N) is 1. The molecule has 17 heavy (non-hydrogen) atoms. The number of hydrogen-bond acceptors (Lipinski definition) is 4. The summed E-state index contributed by atoms with van der Waals surface area (Å²) in [6.07, 6.45) is 0. The molecule has 0 fully saturated rings. The first-order valence-corrected chi connectivity index (χ1v) is 5.77. The second-order valence-electron chi connectivity index (χ2n) is 6.30. The van der Waals surface area contributed by atoms with Crippen LogP contribution in [-0.2, 0) is 4.79 Å². The van der Waals surface area contributed by atoms with Crippen molar-refractivity contribution in [3.05, 3.63) is 0 Å². The lowest BCUT2D eigenvalue weighted by Crippen LogP contribution is -2.42. The normalized spacial score (nSPS) is 19.9. The van der Waals surface area contributed by atoms with Gasteiger partial charge in [-0.25, -0.2) is 5.01 Å². The van der Waals surface area contributed by atoms with Crippen LogP contribution in [0.25, 0.3) is 0 Å². The molecule has 0 bridgehead atoms. The molecule has 0 aromatic rings. The van der Waals surface area contributed by atoms with E-state index >= 15 is 0 Å². The van der Waals surface area contributed by atoms with Crippen LogP contribution < -0.4 is 5.43 Å². The van der Waals surface area contributed by atoms with Crippen molar-refractivity contribution in [2.24, 2.45) is 10.2 Å². The molecule has 0 aromatic carbocycles. The maximum atomic E-state index is 12.1. The quantitative estimate of drug-likeness (QED) is 0.707. The van der Waals surface area contributed by atoms with Crippen molar-refractivity contribution in [3.63, 3.8) is 0 Å². The molecule has 96 valence electrons. The van der Waals surface area contributed by atoms with E-state index in [0.29, 0.717) is 11.4 Å². The van der Waals surface area contributed by atoms with Crippen LogP contribution in [0.2, 0.25) is 0 Å². The first-order valence-electron chi connectivity index (χ1n) is 5.77. The number of carbonyl (C=O) groups excluding carboxylic acids is 1. The van der Waals surface area contributed by atoms with Gasteiger partial charge in [0.05, 0.1) is 11.3 Å². The van der Waals surface area contributed by atoms with Gasteiger partial charge in [-0.05, 0) is 48.5 Å². The van der Waals surface area contributed by atoms with Crippen LogP contribution in [0.5, 0.6) is 0 Å². The minimum atomic E-state index is -0.322. The molecule has 1 N–H and O–H groups in total. The molecule has 1 heterocycles. The van der Waals surface area contributed by atoms with Crippen LogP contribution in [0, 0.1) is 0 Å². The second kappa shape index (κ2) is 4.13. The predicted molar refractivity (Wildman–Crippen MR) is 70.0 cm³/mol. The van der Waals surface area contributed by atoms with Gasteiger partial charge >= 0.3 is 0 Å². The molecule has 1 aliphatic heterocycles. The van der Waals surface area contributed by atoms with E-state index < -0.39 is 0 Å². The van der Waals surface area contributed by atoms with Crippen LogP contribution in [-0.4, -0.2) is 33.4 Å². The number of amides is 1. The lowest BCUT2D eigenvalue weighted by atomic mass is 10.1. The molecule has 0 aromatic heterocycles. The van der Waals surface area contributed by atoms with E-state index in [2.05, 4.69) is 15.6 Å². The fourth-order valence-electron chi connectivity index (χ4n) is 1.30. The molecule has 1 rings (SSSR count). The summed E-state index contributed by atoms with van der Waals surface area (Å²) in [5.74, 6) is -0.147. The van der Waals surface area contributed by atoms with Gasteiger partial charge in [-0.3, -0.25) is 4.79 Å². The Balaban J connectivity index is 2.93. The first kappa shape index (κ1) is 13.7. The lowest BCUT2D eigenvalue weighted by molar-refractivity contribution is -0.127. The van der Waals surface area contributed by atoms with Crippen molar-refractivity contribution in [2.75, 3.05) is 0 Å². The highest BCUT2D eigenvalue weighted by Gasteiger charge is 2.36. The van der Waals surface area contributed by atoms with Gasteiger partial charge in [0.15, 0.2) is 5.71 Å². The van der Waals surface area contributed by atoms with Gasteiger partial charge in [0.2, 0.25) is 0 Å². The molecule has 1 aliphatic rings. The predicted octanol–water partition coefficient (Wildman–Crippen LogP) is 1.75. The number of hydrazone groups is 2. The Morgan fingerprint density at radius 1 is 1.18 bits per heavy atom. The number of carbonyl (C=O) groups is 1. The summed E-state index contributed by atoms with van der Waals surface area (Å²) in [5.41, 5.74) is 3.52. The Bertz CT molecular complexity index is 382. The van der Waals surface area contributed by atoms with E-state index in [9.17, 15) is 4.79 Å². The summed E-state index contributed by atoms with van der Waals surface area (Å²) in [6.45, 7) is 13.6. The summed E-state index contributed by atoms with van der Waals surface area (Å²) in [5, 5.41) is 9.90. The first-order chi connectivity index (χ1) is 7.52. The molecule has 0 unspecified atom stereocenters. The molecule has 0 saturated heterocycles. The number of nitrogens with zero attached hydrogens (tertiary/aromatic N) is 3. The van der Waals surface area contributed by atoms with E-state index in [0.717, 1.165) is 0 Å². The van der Waals surface area contributed by atoms with E-state index in [1.165, 1.54) is 5.01 Å². The zero-order valence-corrected chi connectivity index (χ0v) is 11.7. The maximum absolute atomic E-state index is 12.1. The summed E-state index contributed by atoms with van der Waals surface area (Å²) in [4.78, 5) is 12.1. The zero-order chi connectivity index (χ0) is 13.4. The molecular formula is C12H22N4O. The molecule has 5 nitrogen and oxygen atoms in total. The van der Waals surface area contributed by atoms with E-state index in [-0.39, 0.29) is 17.0 Å². The molecular weight excluding hydrogens is 216 g/mol. The standard InChI is InChI=1S/C12H22N4O/c1-8-9(13-15-11(2,3)4)10(17)16(14-8)12(5,6)7/h15H,1-7H3/b13-9-. The van der Waals surface area contributed by atoms with Gasteiger partial charge in [-0.1, -0.05) is 0 Å². The van der Waals surface area contributed by atoms with Crippen molar-refractivity contribution in [3.8, 4) is 0 Å². The largest absolute Gasteiger partial charge is 0.304 e. The van der Waals surface area contributed by atoms with Crippen molar-refractivity contribution in [2.45, 2.75) is 59.5 Å². The topological polar surface area (TPSA) is 57.1 Å². The molecule has 0 atom stereocenters. The smallest absolute Gasteiger partial charge is 0.296 e. The van der Waals surface area contributed by atoms with Gasteiger partial charge in [0, 0.05) is 5.54 Å². The van der Waals surface area contributed by atoms with E-state index in [1.807, 2.05) is 41.5 Å². The van der Waals surface area contributed by atoms with Crippen molar-refractivity contribution >= 4 is 17.3 Å². The minimum absolute atomic E-state index is 0.147. The van der Waals surface area contributed by atoms with Crippen molar-refractivity contribution < 1.29 is 4.79 Å². The summed E-state index contributed by atoms with van der Waals surface area (Å²) in [7, 11) is 0. The van der Waals surface area contributed by atoms with Crippen molar-refractivity contribution in [1.29, 1.82) is 0 Å². The number of hydrogen-bond donors (Lipinski definition) is 1. The Morgan fingerprint density at radius 2 is 1.71 bits per heavy atom. The third-order valence-corrected chi connectivity index (χ3v) is 2.13. The fraction of sp³-hybridized carbons (Fsp3) is 0.750. The van der Waals surface area contributed by atoms with Gasteiger partial charge in [0.25, 0.3) is 5.91 Å². The van der Waals surface area contributed by atoms with Crippen LogP contribution in [0.1, 0.15) is 48.5 Å². The van der Waals surface area contributed by atoms with E-state index in [1.54, 1.807) is 6.92 Å². The van der Waals surface area contributed by atoms with Crippen LogP contribution >= 0.6 is 0 Å². The van der Waals surface area contributed by atoms with Crippen LogP contribution in [0.4, 0.5) is 0 Å². The Morgan fingerprint density at radius 3 is 2.06 bits per heavy atom. The zero-order valence-electron chi connectivity index (χ0n) is 11.7. The van der Waals surface area contributed by atoms with E-state index in [4.69, 9.17) is 0 Å². The highest BCUT2D eigenvalue weighted by atomic mass is 16.2. The SMILES string of the molecule is CC1=NN(C(C)(C)C)C(=O)/C1=N\NC(C)(C)C. The van der Waals surface area contributed by atoms with Crippen LogP contribution in [0.3, 0.4) is 0 Å². The molecule has 0 radical (unpaired) electrons. The average Bonchev–Trinajstić information content (AvgIpc) is 2.37. The molecule has 5 heteroatoms. The van der Waals surface area contributed by atoms with Crippen molar-refractivity contribution in [1.82, 2.24) is 10.4 Å². The fourth-order valence-corrected chi connectivity index (χ4v) is 1.30.